The van der Waals surface area contributed by atoms with E-state index in [4.69, 9.17) is 21.1 Å². The Bertz CT molecular complexity index is 794. The summed E-state index contributed by atoms with van der Waals surface area (Å²) < 4.78 is 36.9. The average Bonchev–Trinajstić information content (AvgIpc) is 2.59. The monoisotopic (exact) mass is 403 g/mol. The maximum atomic E-state index is 12.8. The van der Waals surface area contributed by atoms with Gasteiger partial charge in [-0.15, -0.1) is 0 Å². The number of sulfonamides is 1. The molecule has 9 heteroatoms. The molecule has 0 aliphatic carbocycles. The van der Waals surface area contributed by atoms with Gasteiger partial charge in [-0.3, -0.25) is 4.79 Å². The summed E-state index contributed by atoms with van der Waals surface area (Å²) >= 11 is 6.05. The number of carbonyl (C=O) groups is 2. The van der Waals surface area contributed by atoms with Gasteiger partial charge >= 0.3 is 5.97 Å². The molecule has 0 bridgehead atoms. The molecule has 1 aliphatic heterocycles. The predicted octanol–water partition coefficient (Wildman–Crippen LogP) is 2.13. The van der Waals surface area contributed by atoms with Gasteiger partial charge in [0.1, 0.15) is 4.90 Å². The minimum Gasteiger partial charge on any atom is -0.454 e. The number of carbonyl (C=O) groups excluding carboxylic acids is 2. The Morgan fingerprint density at radius 2 is 1.85 bits per heavy atom. The van der Waals surface area contributed by atoms with Crippen LogP contribution in [0.15, 0.2) is 23.1 Å². The average molecular weight is 404 g/mol. The first-order valence-corrected chi connectivity index (χ1v) is 9.93. The molecule has 7 nitrogen and oxygen atoms in total. The van der Waals surface area contributed by atoms with Crippen molar-refractivity contribution in [1.29, 1.82) is 0 Å². The summed E-state index contributed by atoms with van der Waals surface area (Å²) in [5.41, 5.74) is -0.617. The van der Waals surface area contributed by atoms with Crippen molar-refractivity contribution >= 4 is 33.4 Å². The number of ether oxygens (including phenoxy) is 2. The molecule has 1 aromatic carbocycles. The van der Waals surface area contributed by atoms with Crippen molar-refractivity contribution in [2.24, 2.45) is 5.41 Å². The standard InChI is InChI=1S/C17H22ClNO6S/c1-17(2,3)15(20)11-25-16(21)12-4-5-13(18)14(10-12)26(22,23)19-6-8-24-9-7-19/h4-5,10H,6-9,11H2,1-3H3. The predicted molar refractivity (Wildman–Crippen MR) is 95.8 cm³/mol. The van der Waals surface area contributed by atoms with Crippen LogP contribution in [-0.4, -0.2) is 57.4 Å². The fourth-order valence-corrected chi connectivity index (χ4v) is 4.09. The molecule has 0 aromatic heterocycles. The first kappa shape index (κ1) is 20.8. The minimum absolute atomic E-state index is 0.0128. The van der Waals surface area contributed by atoms with E-state index >= 15 is 0 Å². The van der Waals surface area contributed by atoms with Gasteiger partial charge in [0, 0.05) is 18.5 Å². The number of nitrogens with zero attached hydrogens (tertiary/aromatic N) is 1. The van der Waals surface area contributed by atoms with Crippen molar-refractivity contribution in [3.05, 3.63) is 28.8 Å². The van der Waals surface area contributed by atoms with Crippen molar-refractivity contribution in [3.63, 3.8) is 0 Å². The zero-order valence-corrected chi connectivity index (χ0v) is 16.5. The lowest BCUT2D eigenvalue weighted by molar-refractivity contribution is -0.129. The summed E-state index contributed by atoms with van der Waals surface area (Å²) in [5.74, 6) is -1.02. The van der Waals surface area contributed by atoms with Crippen molar-refractivity contribution in [3.8, 4) is 0 Å². The highest BCUT2D eigenvalue weighted by atomic mass is 35.5. The van der Waals surface area contributed by atoms with Gasteiger partial charge in [0.2, 0.25) is 10.0 Å². The van der Waals surface area contributed by atoms with Crippen LogP contribution in [0, 0.1) is 5.41 Å². The summed E-state index contributed by atoms with van der Waals surface area (Å²) in [6, 6.07) is 3.87. The van der Waals surface area contributed by atoms with Gasteiger partial charge in [-0.05, 0) is 18.2 Å². The molecule has 0 spiro atoms. The number of benzene rings is 1. The van der Waals surface area contributed by atoms with Crippen LogP contribution >= 0.6 is 11.6 Å². The third kappa shape index (κ3) is 4.82. The van der Waals surface area contributed by atoms with Gasteiger partial charge < -0.3 is 9.47 Å². The molecule has 144 valence electrons. The van der Waals surface area contributed by atoms with Crippen LogP contribution in [-0.2, 0) is 24.3 Å². The Hall–Kier alpha value is -1.48. The maximum Gasteiger partial charge on any atom is 0.338 e. The summed E-state index contributed by atoms with van der Waals surface area (Å²) in [4.78, 5) is 23.9. The van der Waals surface area contributed by atoms with E-state index in [0.29, 0.717) is 13.2 Å². The molecule has 0 saturated carbocycles. The van der Waals surface area contributed by atoms with E-state index < -0.39 is 21.4 Å². The highest BCUT2D eigenvalue weighted by molar-refractivity contribution is 7.89. The van der Waals surface area contributed by atoms with E-state index in [-0.39, 0.29) is 41.0 Å². The quantitative estimate of drug-likeness (QED) is 0.699. The Kier molecular flexibility index (Phi) is 6.44. The van der Waals surface area contributed by atoms with Crippen LogP contribution in [0.25, 0.3) is 0 Å². The van der Waals surface area contributed by atoms with Crippen LogP contribution in [0.4, 0.5) is 0 Å². The number of ketones is 1. The van der Waals surface area contributed by atoms with Crippen LogP contribution in [0.5, 0.6) is 0 Å². The summed E-state index contributed by atoms with van der Waals surface area (Å²) in [7, 11) is -3.86. The molecule has 0 radical (unpaired) electrons. The van der Waals surface area contributed by atoms with E-state index in [1.165, 1.54) is 22.5 Å². The molecule has 1 aromatic rings. The summed E-state index contributed by atoms with van der Waals surface area (Å²) in [6.07, 6.45) is 0. The Balaban J connectivity index is 2.21. The van der Waals surface area contributed by atoms with Gasteiger partial charge in [0.05, 0.1) is 23.8 Å². The van der Waals surface area contributed by atoms with E-state index in [1.54, 1.807) is 20.8 Å². The van der Waals surface area contributed by atoms with Gasteiger partial charge in [-0.25, -0.2) is 13.2 Å². The Labute approximate surface area is 158 Å². The molecule has 0 N–H and O–H groups in total. The molecule has 1 fully saturated rings. The lowest BCUT2D eigenvalue weighted by Gasteiger charge is -2.26. The number of morpholine rings is 1. The molecule has 2 rings (SSSR count). The molecule has 1 aliphatic rings. The van der Waals surface area contributed by atoms with E-state index in [1.807, 2.05) is 0 Å². The fraction of sp³-hybridized carbons (Fsp3) is 0.529. The molecule has 0 amide bonds. The first-order valence-electron chi connectivity index (χ1n) is 8.11. The van der Waals surface area contributed by atoms with Crippen LogP contribution in [0.3, 0.4) is 0 Å². The molecule has 26 heavy (non-hydrogen) atoms. The topological polar surface area (TPSA) is 90.0 Å². The van der Waals surface area contributed by atoms with Gasteiger partial charge in [-0.2, -0.15) is 4.31 Å². The molecular weight excluding hydrogens is 382 g/mol. The van der Waals surface area contributed by atoms with Crippen LogP contribution in [0.2, 0.25) is 5.02 Å². The van der Waals surface area contributed by atoms with E-state index in [9.17, 15) is 18.0 Å². The maximum absolute atomic E-state index is 12.8. The summed E-state index contributed by atoms with van der Waals surface area (Å²) in [5, 5.41) is 0.0128. The second kappa shape index (κ2) is 8.04. The Morgan fingerprint density at radius 1 is 1.23 bits per heavy atom. The fourth-order valence-electron chi connectivity index (χ4n) is 2.18. The number of halogens is 1. The zero-order valence-electron chi connectivity index (χ0n) is 15.0. The van der Waals surface area contributed by atoms with Crippen molar-refractivity contribution in [2.45, 2.75) is 25.7 Å². The second-order valence-corrected chi connectivity index (χ2v) is 9.22. The van der Waals surface area contributed by atoms with Crippen LogP contribution < -0.4 is 0 Å². The van der Waals surface area contributed by atoms with Crippen molar-refractivity contribution in [1.82, 2.24) is 4.31 Å². The second-order valence-electron chi connectivity index (χ2n) is 6.91. The lowest BCUT2D eigenvalue weighted by atomic mass is 9.91. The lowest BCUT2D eigenvalue weighted by Crippen LogP contribution is -2.40. The van der Waals surface area contributed by atoms with E-state index in [2.05, 4.69) is 0 Å². The number of hydrogen-bond donors (Lipinski definition) is 0. The largest absolute Gasteiger partial charge is 0.454 e. The normalized spacial score (nSPS) is 16.3. The van der Waals surface area contributed by atoms with Crippen molar-refractivity contribution in [2.75, 3.05) is 32.9 Å². The number of hydrogen-bond acceptors (Lipinski definition) is 6. The number of Topliss-reactive ketones (excluding diaryl/α,β-unsaturated/α-hetero) is 1. The van der Waals surface area contributed by atoms with Crippen molar-refractivity contribution < 1.29 is 27.5 Å². The van der Waals surface area contributed by atoms with Gasteiger partial charge in [-0.1, -0.05) is 32.4 Å². The third-order valence-electron chi connectivity index (χ3n) is 3.93. The van der Waals surface area contributed by atoms with Crippen LogP contribution in [0.1, 0.15) is 31.1 Å². The minimum atomic E-state index is -3.86. The number of rotatable bonds is 5. The third-order valence-corrected chi connectivity index (χ3v) is 6.31. The highest BCUT2D eigenvalue weighted by Crippen LogP contribution is 2.27. The van der Waals surface area contributed by atoms with Gasteiger partial charge in [0.15, 0.2) is 12.4 Å². The Morgan fingerprint density at radius 3 is 2.42 bits per heavy atom. The molecule has 0 atom stereocenters. The van der Waals surface area contributed by atoms with Gasteiger partial charge in [0.25, 0.3) is 0 Å². The molecule has 1 saturated heterocycles. The molecule has 0 unspecified atom stereocenters. The van der Waals surface area contributed by atoms with E-state index in [0.717, 1.165) is 0 Å². The zero-order chi connectivity index (χ0) is 19.5. The summed E-state index contributed by atoms with van der Waals surface area (Å²) in [6.45, 7) is 5.81. The number of esters is 1. The highest BCUT2D eigenvalue weighted by Gasteiger charge is 2.29. The molecule has 1 heterocycles. The SMILES string of the molecule is CC(C)(C)C(=O)COC(=O)c1ccc(Cl)c(S(=O)(=O)N2CCOCC2)c1. The smallest absolute Gasteiger partial charge is 0.338 e. The first-order chi connectivity index (χ1) is 12.0. The molecular formula is C17H22ClNO6S.